The molecule has 0 aliphatic heterocycles. The first-order valence-electron chi connectivity index (χ1n) is 10.1. The number of aromatic nitrogens is 2. The quantitative estimate of drug-likeness (QED) is 0.181. The number of ether oxygens (including phenoxy) is 1. The van der Waals surface area contributed by atoms with Gasteiger partial charge in [-0.2, -0.15) is 4.73 Å². The number of nitro benzene ring substituents is 1. The molecular formula is C24H20N4O5. The molecule has 166 valence electrons. The van der Waals surface area contributed by atoms with Gasteiger partial charge in [0.2, 0.25) is 5.91 Å². The Balaban J connectivity index is 1.56. The van der Waals surface area contributed by atoms with Crippen LogP contribution in [-0.2, 0) is 4.79 Å². The SMILES string of the molecule is CCOc1cc2nc(-c3ccc(NC(=O)C=Cc4ccccc4)cc3)n(O)c2cc1[N+](=O)[O-]. The van der Waals surface area contributed by atoms with E-state index in [1.807, 2.05) is 30.3 Å². The predicted octanol–water partition coefficient (Wildman–Crippen LogP) is 4.90. The number of fused-ring (bicyclic) bond motifs is 1. The van der Waals surface area contributed by atoms with Gasteiger partial charge < -0.3 is 15.3 Å². The topological polar surface area (TPSA) is 120 Å². The number of rotatable bonds is 7. The first-order valence-corrected chi connectivity index (χ1v) is 10.1. The van der Waals surface area contributed by atoms with Crippen molar-refractivity contribution in [3.05, 3.63) is 88.5 Å². The molecule has 0 saturated heterocycles. The minimum atomic E-state index is -0.569. The van der Waals surface area contributed by atoms with Gasteiger partial charge in [0.15, 0.2) is 11.6 Å². The largest absolute Gasteiger partial charge is 0.487 e. The molecule has 1 amide bonds. The third-order valence-corrected chi connectivity index (χ3v) is 4.85. The summed E-state index contributed by atoms with van der Waals surface area (Å²) in [6, 6.07) is 18.8. The molecule has 9 nitrogen and oxygen atoms in total. The Morgan fingerprint density at radius 1 is 1.18 bits per heavy atom. The number of anilines is 1. The van der Waals surface area contributed by atoms with Crippen molar-refractivity contribution in [2.45, 2.75) is 6.92 Å². The van der Waals surface area contributed by atoms with Crippen LogP contribution in [0.25, 0.3) is 28.5 Å². The van der Waals surface area contributed by atoms with Crippen molar-refractivity contribution in [2.75, 3.05) is 11.9 Å². The van der Waals surface area contributed by atoms with Crippen molar-refractivity contribution in [1.82, 2.24) is 9.71 Å². The van der Waals surface area contributed by atoms with Crippen molar-refractivity contribution in [3.63, 3.8) is 0 Å². The highest BCUT2D eigenvalue weighted by atomic mass is 16.6. The molecule has 1 aromatic heterocycles. The van der Waals surface area contributed by atoms with Gasteiger partial charge in [-0.15, -0.1) is 0 Å². The van der Waals surface area contributed by atoms with Crippen LogP contribution in [0, 0.1) is 10.1 Å². The second-order valence-corrected chi connectivity index (χ2v) is 7.06. The number of hydrogen-bond donors (Lipinski definition) is 2. The van der Waals surface area contributed by atoms with E-state index in [4.69, 9.17) is 4.74 Å². The standard InChI is InChI=1S/C24H20N4O5/c1-2-33-22-14-19-20(15-21(22)28(31)32)27(30)24(26-19)17-9-11-18(12-10-17)25-23(29)13-8-16-6-4-3-5-7-16/h3-15,30H,2H2,1H3,(H,25,29). The highest BCUT2D eigenvalue weighted by molar-refractivity contribution is 6.02. The molecule has 0 fully saturated rings. The van der Waals surface area contributed by atoms with E-state index in [0.717, 1.165) is 10.3 Å². The Labute approximate surface area is 188 Å². The smallest absolute Gasteiger partial charge is 0.313 e. The molecule has 4 aromatic rings. The van der Waals surface area contributed by atoms with Crippen LogP contribution in [0.4, 0.5) is 11.4 Å². The molecular weight excluding hydrogens is 424 g/mol. The summed E-state index contributed by atoms with van der Waals surface area (Å²) < 4.78 is 6.14. The van der Waals surface area contributed by atoms with Crippen molar-refractivity contribution in [2.24, 2.45) is 0 Å². The van der Waals surface area contributed by atoms with Gasteiger partial charge in [-0.25, -0.2) is 4.98 Å². The van der Waals surface area contributed by atoms with Crippen LogP contribution < -0.4 is 10.1 Å². The number of nitrogens with zero attached hydrogens (tertiary/aromatic N) is 3. The molecule has 0 spiro atoms. The molecule has 0 radical (unpaired) electrons. The summed E-state index contributed by atoms with van der Waals surface area (Å²) in [5.74, 6) is 0.00725. The van der Waals surface area contributed by atoms with Gasteiger partial charge in [0, 0.05) is 29.5 Å². The predicted molar refractivity (Wildman–Crippen MR) is 124 cm³/mol. The van der Waals surface area contributed by atoms with E-state index in [-0.39, 0.29) is 35.3 Å². The van der Waals surface area contributed by atoms with Gasteiger partial charge in [0.05, 0.1) is 17.0 Å². The summed E-state index contributed by atoms with van der Waals surface area (Å²) in [5.41, 5.74) is 2.32. The zero-order chi connectivity index (χ0) is 23.4. The molecule has 0 aliphatic carbocycles. The number of amides is 1. The molecule has 33 heavy (non-hydrogen) atoms. The van der Waals surface area contributed by atoms with Crippen molar-refractivity contribution in [1.29, 1.82) is 0 Å². The highest BCUT2D eigenvalue weighted by Crippen LogP contribution is 2.34. The summed E-state index contributed by atoms with van der Waals surface area (Å²) in [4.78, 5) is 27.3. The van der Waals surface area contributed by atoms with Crippen LogP contribution in [0.1, 0.15) is 12.5 Å². The third-order valence-electron chi connectivity index (χ3n) is 4.85. The van der Waals surface area contributed by atoms with E-state index >= 15 is 0 Å². The average molecular weight is 444 g/mol. The van der Waals surface area contributed by atoms with Crippen molar-refractivity contribution >= 4 is 34.4 Å². The highest BCUT2D eigenvalue weighted by Gasteiger charge is 2.21. The Bertz CT molecular complexity index is 1350. The van der Waals surface area contributed by atoms with Crippen molar-refractivity contribution < 1.29 is 19.7 Å². The lowest BCUT2D eigenvalue weighted by Crippen LogP contribution is -2.07. The molecule has 9 heteroatoms. The number of benzene rings is 3. The fraction of sp³-hybridized carbons (Fsp3) is 0.0833. The molecule has 0 bridgehead atoms. The first-order chi connectivity index (χ1) is 16.0. The molecule has 4 rings (SSSR count). The van der Waals surface area contributed by atoms with Gasteiger partial charge in [-0.1, -0.05) is 30.3 Å². The lowest BCUT2D eigenvalue weighted by Gasteiger charge is -2.05. The summed E-state index contributed by atoms with van der Waals surface area (Å²) in [5, 5.41) is 24.7. The van der Waals surface area contributed by atoms with Crippen LogP contribution in [-0.4, -0.2) is 32.4 Å². The Hall–Kier alpha value is -4.66. The van der Waals surface area contributed by atoms with Crippen LogP contribution >= 0.6 is 0 Å². The Kier molecular flexibility index (Phi) is 6.03. The van der Waals surface area contributed by atoms with Gasteiger partial charge >= 0.3 is 5.69 Å². The fourth-order valence-electron chi connectivity index (χ4n) is 3.30. The number of carbonyl (C=O) groups excluding carboxylic acids is 1. The Morgan fingerprint density at radius 3 is 2.58 bits per heavy atom. The molecule has 0 saturated carbocycles. The lowest BCUT2D eigenvalue weighted by molar-refractivity contribution is -0.385. The fourth-order valence-corrected chi connectivity index (χ4v) is 3.30. The number of hydrogen-bond acceptors (Lipinski definition) is 6. The van der Waals surface area contributed by atoms with Gasteiger partial charge in [-0.3, -0.25) is 14.9 Å². The molecule has 2 N–H and O–H groups in total. The van der Waals surface area contributed by atoms with Crippen molar-refractivity contribution in [3.8, 4) is 17.1 Å². The van der Waals surface area contributed by atoms with Crippen LogP contribution in [0.3, 0.4) is 0 Å². The van der Waals surface area contributed by atoms with E-state index in [1.54, 1.807) is 37.3 Å². The Morgan fingerprint density at radius 2 is 1.91 bits per heavy atom. The number of nitrogens with one attached hydrogen (secondary N) is 1. The zero-order valence-corrected chi connectivity index (χ0v) is 17.6. The summed E-state index contributed by atoms with van der Waals surface area (Å²) in [7, 11) is 0. The maximum absolute atomic E-state index is 12.2. The molecule has 0 unspecified atom stereocenters. The molecule has 0 aliphatic rings. The second-order valence-electron chi connectivity index (χ2n) is 7.06. The number of nitro groups is 1. The summed E-state index contributed by atoms with van der Waals surface area (Å²) in [6.45, 7) is 1.98. The van der Waals surface area contributed by atoms with E-state index in [2.05, 4.69) is 10.3 Å². The molecule has 1 heterocycles. The van der Waals surface area contributed by atoms with Crippen LogP contribution in [0.5, 0.6) is 5.75 Å². The first kappa shape index (κ1) is 21.6. The van der Waals surface area contributed by atoms with E-state index in [1.165, 1.54) is 18.2 Å². The van der Waals surface area contributed by atoms with E-state index in [9.17, 15) is 20.1 Å². The van der Waals surface area contributed by atoms with Crippen LogP contribution in [0.2, 0.25) is 0 Å². The van der Waals surface area contributed by atoms with Gasteiger partial charge in [-0.05, 0) is 42.8 Å². The van der Waals surface area contributed by atoms with E-state index < -0.39 is 4.92 Å². The van der Waals surface area contributed by atoms with Gasteiger partial charge in [0.1, 0.15) is 5.52 Å². The van der Waals surface area contributed by atoms with Crippen LogP contribution in [0.15, 0.2) is 72.8 Å². The minimum absolute atomic E-state index is 0.0845. The monoisotopic (exact) mass is 444 g/mol. The number of imidazole rings is 1. The normalized spacial score (nSPS) is 11.1. The summed E-state index contributed by atoms with van der Waals surface area (Å²) in [6.07, 6.45) is 3.16. The maximum Gasteiger partial charge on any atom is 0.313 e. The molecule has 0 atom stereocenters. The zero-order valence-electron chi connectivity index (χ0n) is 17.6. The number of carbonyl (C=O) groups is 1. The third kappa shape index (κ3) is 4.67. The maximum atomic E-state index is 12.2. The minimum Gasteiger partial charge on any atom is -0.487 e. The van der Waals surface area contributed by atoms with E-state index in [0.29, 0.717) is 16.8 Å². The second kappa shape index (κ2) is 9.23. The van der Waals surface area contributed by atoms with Gasteiger partial charge in [0.25, 0.3) is 0 Å². The lowest BCUT2D eigenvalue weighted by atomic mass is 10.2. The summed E-state index contributed by atoms with van der Waals surface area (Å²) >= 11 is 0. The average Bonchev–Trinajstić information content (AvgIpc) is 3.14. The molecule has 3 aromatic carbocycles.